The van der Waals surface area contributed by atoms with Crippen molar-refractivity contribution < 1.29 is 17.9 Å². The van der Waals surface area contributed by atoms with E-state index in [2.05, 4.69) is 4.90 Å². The Morgan fingerprint density at radius 1 is 1.17 bits per heavy atom. The van der Waals surface area contributed by atoms with Gasteiger partial charge in [-0.15, -0.1) is 0 Å². The summed E-state index contributed by atoms with van der Waals surface area (Å²) in [6.45, 7) is 5.09. The van der Waals surface area contributed by atoms with E-state index in [4.69, 9.17) is 4.74 Å². The van der Waals surface area contributed by atoms with E-state index < -0.39 is 11.7 Å². The molecule has 0 aromatic heterocycles. The van der Waals surface area contributed by atoms with Gasteiger partial charge in [0.15, 0.2) is 0 Å². The van der Waals surface area contributed by atoms with E-state index in [9.17, 15) is 13.2 Å². The highest BCUT2D eigenvalue weighted by molar-refractivity contribution is 5.31. The lowest BCUT2D eigenvalue weighted by Crippen LogP contribution is -2.35. The first kappa shape index (κ1) is 13.4. The van der Waals surface area contributed by atoms with Crippen molar-refractivity contribution >= 4 is 0 Å². The molecule has 0 unspecified atom stereocenters. The molecule has 1 heterocycles. The maximum absolute atomic E-state index is 12.7. The minimum Gasteiger partial charge on any atom is -0.379 e. The summed E-state index contributed by atoms with van der Waals surface area (Å²) >= 11 is 0. The summed E-state index contributed by atoms with van der Waals surface area (Å²) in [4.78, 5) is 2.11. The van der Waals surface area contributed by atoms with Crippen molar-refractivity contribution in [3.63, 3.8) is 0 Å². The highest BCUT2D eigenvalue weighted by Crippen LogP contribution is 2.30. The summed E-state index contributed by atoms with van der Waals surface area (Å²) in [6.07, 6.45) is -4.27. The third-order valence-electron chi connectivity index (χ3n) is 2.97. The predicted molar refractivity (Wildman–Crippen MR) is 62.3 cm³/mol. The number of halogens is 3. The van der Waals surface area contributed by atoms with Crippen LogP contribution in [0.15, 0.2) is 18.2 Å². The Kier molecular flexibility index (Phi) is 3.92. The number of aryl methyl sites for hydroxylation is 1. The smallest absolute Gasteiger partial charge is 0.379 e. The molecule has 0 N–H and O–H groups in total. The number of nitrogens with zero attached hydrogens (tertiary/aromatic N) is 1. The molecule has 100 valence electrons. The van der Waals surface area contributed by atoms with Crippen molar-refractivity contribution in [3.05, 3.63) is 34.9 Å². The van der Waals surface area contributed by atoms with Gasteiger partial charge in [0, 0.05) is 19.6 Å². The van der Waals surface area contributed by atoms with E-state index in [0.717, 1.165) is 13.1 Å². The van der Waals surface area contributed by atoms with E-state index in [1.807, 2.05) is 6.07 Å². The zero-order chi connectivity index (χ0) is 13.2. The first-order valence-electron chi connectivity index (χ1n) is 5.93. The van der Waals surface area contributed by atoms with Gasteiger partial charge in [-0.2, -0.15) is 13.2 Å². The minimum absolute atomic E-state index is 0.550. The van der Waals surface area contributed by atoms with Crippen LogP contribution < -0.4 is 0 Å². The first-order valence-corrected chi connectivity index (χ1v) is 5.93. The largest absolute Gasteiger partial charge is 0.416 e. The Morgan fingerprint density at radius 3 is 2.44 bits per heavy atom. The lowest BCUT2D eigenvalue weighted by molar-refractivity contribution is -0.137. The van der Waals surface area contributed by atoms with Gasteiger partial charge in [-0.05, 0) is 24.6 Å². The monoisotopic (exact) mass is 259 g/mol. The number of hydrogen-bond donors (Lipinski definition) is 0. The van der Waals surface area contributed by atoms with Gasteiger partial charge in [-0.3, -0.25) is 4.90 Å². The van der Waals surface area contributed by atoms with Crippen LogP contribution in [-0.2, 0) is 17.5 Å². The fourth-order valence-corrected chi connectivity index (χ4v) is 2.13. The standard InChI is InChI=1S/C13H16F3NO/c1-10-6-11(8-12(7-10)13(14,15)16)9-17-2-4-18-5-3-17/h6-8H,2-5,9H2,1H3. The average Bonchev–Trinajstić information content (AvgIpc) is 2.28. The molecule has 0 atom stereocenters. The van der Waals surface area contributed by atoms with Crippen molar-refractivity contribution in [2.45, 2.75) is 19.6 Å². The molecule has 0 bridgehead atoms. The summed E-state index contributed by atoms with van der Waals surface area (Å²) < 4.78 is 43.3. The molecule has 0 spiro atoms. The molecule has 1 fully saturated rings. The second kappa shape index (κ2) is 5.28. The van der Waals surface area contributed by atoms with Crippen LogP contribution in [0.3, 0.4) is 0 Å². The second-order valence-corrected chi connectivity index (χ2v) is 4.59. The number of alkyl halides is 3. The molecule has 18 heavy (non-hydrogen) atoms. The van der Waals surface area contributed by atoms with E-state index in [1.165, 1.54) is 12.1 Å². The summed E-state index contributed by atoms with van der Waals surface area (Å²) in [7, 11) is 0. The van der Waals surface area contributed by atoms with Crippen LogP contribution >= 0.6 is 0 Å². The quantitative estimate of drug-likeness (QED) is 0.809. The van der Waals surface area contributed by atoms with Gasteiger partial charge in [-0.25, -0.2) is 0 Å². The molecule has 1 aliphatic heterocycles. The molecule has 2 nitrogen and oxygen atoms in total. The van der Waals surface area contributed by atoms with Gasteiger partial charge < -0.3 is 4.74 Å². The topological polar surface area (TPSA) is 12.5 Å². The third kappa shape index (κ3) is 3.46. The molecule has 1 aromatic rings. The number of ether oxygens (including phenoxy) is 1. The molecule has 0 aliphatic carbocycles. The summed E-state index contributed by atoms with van der Waals surface area (Å²) in [6, 6.07) is 4.23. The molecule has 0 amide bonds. The van der Waals surface area contributed by atoms with Crippen molar-refractivity contribution in [1.29, 1.82) is 0 Å². The fourth-order valence-electron chi connectivity index (χ4n) is 2.13. The van der Waals surface area contributed by atoms with Crippen LogP contribution in [0.5, 0.6) is 0 Å². The number of hydrogen-bond acceptors (Lipinski definition) is 2. The van der Waals surface area contributed by atoms with Crippen molar-refractivity contribution in [1.82, 2.24) is 4.90 Å². The summed E-state index contributed by atoms with van der Waals surface area (Å²) in [5, 5.41) is 0. The minimum atomic E-state index is -4.27. The molecular weight excluding hydrogens is 243 g/mol. The Balaban J connectivity index is 2.14. The third-order valence-corrected chi connectivity index (χ3v) is 2.97. The van der Waals surface area contributed by atoms with E-state index in [1.54, 1.807) is 6.92 Å². The highest BCUT2D eigenvalue weighted by atomic mass is 19.4. The molecule has 1 saturated heterocycles. The number of morpholine rings is 1. The Morgan fingerprint density at radius 2 is 1.83 bits per heavy atom. The van der Waals surface area contributed by atoms with Crippen LogP contribution in [0.1, 0.15) is 16.7 Å². The Hall–Kier alpha value is -1.07. The number of rotatable bonds is 2. The van der Waals surface area contributed by atoms with Crippen LogP contribution in [-0.4, -0.2) is 31.2 Å². The fraction of sp³-hybridized carbons (Fsp3) is 0.538. The Bertz CT molecular complexity index is 411. The normalized spacial score (nSPS) is 18.0. The van der Waals surface area contributed by atoms with Crippen LogP contribution in [0.4, 0.5) is 13.2 Å². The average molecular weight is 259 g/mol. The zero-order valence-corrected chi connectivity index (χ0v) is 10.3. The highest BCUT2D eigenvalue weighted by Gasteiger charge is 2.31. The molecular formula is C13H16F3NO. The SMILES string of the molecule is Cc1cc(CN2CCOCC2)cc(C(F)(F)F)c1. The van der Waals surface area contributed by atoms with Crippen molar-refractivity contribution in [2.75, 3.05) is 26.3 Å². The van der Waals surface area contributed by atoms with Gasteiger partial charge in [0.25, 0.3) is 0 Å². The van der Waals surface area contributed by atoms with Gasteiger partial charge in [0.05, 0.1) is 18.8 Å². The second-order valence-electron chi connectivity index (χ2n) is 4.59. The van der Waals surface area contributed by atoms with E-state index in [-0.39, 0.29) is 0 Å². The maximum atomic E-state index is 12.7. The van der Waals surface area contributed by atoms with Gasteiger partial charge in [-0.1, -0.05) is 11.6 Å². The van der Waals surface area contributed by atoms with Crippen LogP contribution in [0.25, 0.3) is 0 Å². The lowest BCUT2D eigenvalue weighted by Gasteiger charge is -2.27. The van der Waals surface area contributed by atoms with E-state index in [0.29, 0.717) is 30.9 Å². The summed E-state index contributed by atoms with van der Waals surface area (Å²) in [5.74, 6) is 0. The van der Waals surface area contributed by atoms with Gasteiger partial charge in [0.1, 0.15) is 0 Å². The van der Waals surface area contributed by atoms with Gasteiger partial charge in [0.2, 0.25) is 0 Å². The predicted octanol–water partition coefficient (Wildman–Crippen LogP) is 2.85. The molecule has 5 heteroatoms. The van der Waals surface area contributed by atoms with Gasteiger partial charge >= 0.3 is 6.18 Å². The van der Waals surface area contributed by atoms with Crippen molar-refractivity contribution in [2.24, 2.45) is 0 Å². The maximum Gasteiger partial charge on any atom is 0.416 e. The molecule has 2 rings (SSSR count). The molecule has 0 saturated carbocycles. The molecule has 1 aromatic carbocycles. The summed E-state index contributed by atoms with van der Waals surface area (Å²) in [5.41, 5.74) is 0.795. The Labute approximate surface area is 104 Å². The lowest BCUT2D eigenvalue weighted by atomic mass is 10.1. The van der Waals surface area contributed by atoms with E-state index >= 15 is 0 Å². The molecule has 1 aliphatic rings. The number of benzene rings is 1. The molecule has 0 radical (unpaired) electrons. The van der Waals surface area contributed by atoms with Crippen LogP contribution in [0, 0.1) is 6.92 Å². The van der Waals surface area contributed by atoms with Crippen LogP contribution in [0.2, 0.25) is 0 Å². The zero-order valence-electron chi connectivity index (χ0n) is 10.3. The first-order chi connectivity index (χ1) is 8.45. The van der Waals surface area contributed by atoms with Crippen molar-refractivity contribution in [3.8, 4) is 0 Å².